The predicted octanol–water partition coefficient (Wildman–Crippen LogP) is 5.11. The van der Waals surface area contributed by atoms with Gasteiger partial charge in [0.05, 0.1) is 41.5 Å². The van der Waals surface area contributed by atoms with Crippen LogP contribution in [0, 0.1) is 11.3 Å². The van der Waals surface area contributed by atoms with E-state index in [0.29, 0.717) is 39.4 Å². The monoisotopic (exact) mass is 835 g/mol. The van der Waals surface area contributed by atoms with E-state index >= 15 is 0 Å². The van der Waals surface area contributed by atoms with E-state index in [0.717, 1.165) is 0 Å². The Labute approximate surface area is 352 Å². The molecule has 1 heterocycles. The molecule has 18 nitrogen and oxygen atoms in total. The summed E-state index contributed by atoms with van der Waals surface area (Å²) in [6.07, 6.45) is 0.648. The van der Waals surface area contributed by atoms with Gasteiger partial charge in [0.2, 0.25) is 11.8 Å². The molecule has 62 heavy (non-hydrogen) atoms. The van der Waals surface area contributed by atoms with Crippen LogP contribution in [0.3, 0.4) is 0 Å². The molecule has 5 aromatic carbocycles. The molecule has 0 radical (unpaired) electrons. The Morgan fingerprint density at radius 1 is 0.742 bits per heavy atom. The van der Waals surface area contributed by atoms with Crippen molar-refractivity contribution in [2.45, 2.75) is 32.4 Å². The number of aromatic nitrogens is 3. The minimum absolute atomic E-state index is 0.0393. The van der Waals surface area contributed by atoms with Crippen molar-refractivity contribution in [2.75, 3.05) is 16.0 Å². The molecule has 18 heteroatoms. The first-order valence-corrected chi connectivity index (χ1v) is 18.7. The number of ether oxygens (including phenoxy) is 1. The third-order valence-electron chi connectivity index (χ3n) is 9.00. The number of nitrogens with one attached hydrogen (secondary N) is 4. The summed E-state index contributed by atoms with van der Waals surface area (Å²) in [7, 11) is 0. The summed E-state index contributed by atoms with van der Waals surface area (Å²) in [6.45, 7) is 3.48. The quantitative estimate of drug-likeness (QED) is 0.0710. The van der Waals surface area contributed by atoms with E-state index in [9.17, 15) is 33.9 Å². The van der Waals surface area contributed by atoms with Gasteiger partial charge in [0, 0.05) is 33.8 Å². The number of rotatable bonds is 15. The van der Waals surface area contributed by atoms with Crippen molar-refractivity contribution in [1.29, 1.82) is 5.26 Å². The summed E-state index contributed by atoms with van der Waals surface area (Å²) in [4.78, 5) is 75.2. The van der Waals surface area contributed by atoms with Gasteiger partial charge < -0.3 is 42.0 Å². The minimum Gasteiger partial charge on any atom is -0.504 e. The maximum Gasteiger partial charge on any atom is 0.335 e. The summed E-state index contributed by atoms with van der Waals surface area (Å²) in [5.41, 5.74) is 8.47. The maximum atomic E-state index is 13.3. The number of phenols is 1. The lowest BCUT2D eigenvalue weighted by Crippen LogP contribution is -2.46. The highest BCUT2D eigenvalue weighted by Crippen LogP contribution is 2.38. The lowest BCUT2D eigenvalue weighted by atomic mass is 10.1. The fourth-order valence-electron chi connectivity index (χ4n) is 5.89. The van der Waals surface area contributed by atoms with Crippen LogP contribution in [-0.4, -0.2) is 72.9 Å². The lowest BCUT2D eigenvalue weighted by Gasteiger charge is -2.18. The lowest BCUT2D eigenvalue weighted by molar-refractivity contribution is -0.123. The molecule has 8 N–H and O–H groups in total. The van der Waals surface area contributed by atoms with Crippen LogP contribution < -0.4 is 31.7 Å². The van der Waals surface area contributed by atoms with Gasteiger partial charge in [-0.15, -0.1) is 5.10 Å². The topological polar surface area (TPSA) is 281 Å². The first-order valence-electron chi connectivity index (χ1n) is 18.7. The van der Waals surface area contributed by atoms with E-state index in [-0.39, 0.29) is 28.1 Å². The Kier molecular flexibility index (Phi) is 13.0. The molecule has 0 saturated heterocycles. The fourth-order valence-corrected chi connectivity index (χ4v) is 5.89. The Balaban J connectivity index is 1.10. The van der Waals surface area contributed by atoms with Gasteiger partial charge in [-0.1, -0.05) is 17.3 Å². The second kappa shape index (κ2) is 18.8. The molecule has 6 aromatic rings. The number of aromatic carboxylic acids is 1. The number of primary amides is 1. The molecule has 1 atom stereocenters. The van der Waals surface area contributed by atoms with Crippen LogP contribution in [0.4, 0.5) is 17.1 Å². The average molecular weight is 836 g/mol. The normalized spacial score (nSPS) is 11.1. The summed E-state index contributed by atoms with van der Waals surface area (Å²) in [5.74, 6) is -4.93. The van der Waals surface area contributed by atoms with Crippen LogP contribution in [0.5, 0.6) is 11.5 Å². The molecule has 0 bridgehead atoms. The van der Waals surface area contributed by atoms with Crippen LogP contribution in [0.15, 0.2) is 115 Å². The van der Waals surface area contributed by atoms with E-state index in [1.165, 1.54) is 89.6 Å². The summed E-state index contributed by atoms with van der Waals surface area (Å²) < 4.78 is 7.26. The number of nitrogens with two attached hydrogens (primary N) is 1. The smallest absolute Gasteiger partial charge is 0.335 e. The van der Waals surface area contributed by atoms with Crippen LogP contribution >= 0.6 is 0 Å². The zero-order chi connectivity index (χ0) is 44.5. The zero-order valence-electron chi connectivity index (χ0n) is 32.9. The standard InChI is InChI=1S/C44H37N9O9/c1-24(2)62-39-36(20-19-33(38(39)55)42(58)48-31-17-11-29(12-18-31)44(60)61)53-23-35(51-52-53)26-7-13-32(14-8-26)49-43(59)34(21-37(46)54)50-41(57)28-9-15-30(16-10-28)47-40(56)27-5-3-25(22-45)4-6-27/h3-20,23-24,34,55H,21H2,1-2H3,(H2,46,54)(H,47,56)(H,48,58)(H,49,59)(H,50,57)(H,60,61)/t34-/m0/s1. The number of amides is 5. The van der Waals surface area contributed by atoms with Crippen molar-refractivity contribution >= 4 is 52.6 Å². The molecule has 5 amide bonds. The second-order valence-corrected chi connectivity index (χ2v) is 13.8. The number of hydrogen-bond acceptors (Lipinski definition) is 11. The van der Waals surface area contributed by atoms with Crippen LogP contribution in [-0.2, 0) is 9.59 Å². The summed E-state index contributed by atoms with van der Waals surface area (Å²) >= 11 is 0. The number of carbonyl (C=O) groups excluding carboxylic acids is 5. The van der Waals surface area contributed by atoms with Gasteiger partial charge in [0.1, 0.15) is 17.4 Å². The second-order valence-electron chi connectivity index (χ2n) is 13.8. The van der Waals surface area contributed by atoms with Crippen molar-refractivity contribution in [2.24, 2.45) is 5.73 Å². The third-order valence-corrected chi connectivity index (χ3v) is 9.00. The first-order chi connectivity index (χ1) is 29.7. The number of carbonyl (C=O) groups is 6. The number of carboxylic acids is 1. The Morgan fingerprint density at radius 3 is 1.87 bits per heavy atom. The summed E-state index contributed by atoms with van der Waals surface area (Å²) in [5, 5.41) is 48.3. The third kappa shape index (κ3) is 10.4. The number of carboxylic acid groups (broad SMARTS) is 1. The van der Waals surface area contributed by atoms with Gasteiger partial charge in [-0.2, -0.15) is 5.26 Å². The maximum absolute atomic E-state index is 13.3. The Bertz CT molecular complexity index is 2710. The van der Waals surface area contributed by atoms with E-state index in [4.69, 9.17) is 20.8 Å². The molecule has 0 fully saturated rings. The minimum atomic E-state index is -1.34. The number of hydrogen-bond donors (Lipinski definition) is 7. The van der Waals surface area contributed by atoms with Crippen LogP contribution in [0.1, 0.15) is 67.3 Å². The highest BCUT2D eigenvalue weighted by molar-refractivity contribution is 6.07. The number of nitrogens with zero attached hydrogens (tertiary/aromatic N) is 4. The average Bonchev–Trinajstić information content (AvgIpc) is 3.74. The van der Waals surface area contributed by atoms with Gasteiger partial charge in [-0.25, -0.2) is 9.48 Å². The number of benzene rings is 5. The van der Waals surface area contributed by atoms with E-state index in [2.05, 4.69) is 31.6 Å². The van der Waals surface area contributed by atoms with E-state index < -0.39 is 59.8 Å². The molecule has 312 valence electrons. The Hall–Kier alpha value is -8.85. The molecule has 0 saturated carbocycles. The number of anilines is 3. The van der Waals surface area contributed by atoms with Crippen molar-refractivity contribution in [3.63, 3.8) is 0 Å². The number of nitriles is 1. The molecular formula is C44H37N9O9. The van der Waals surface area contributed by atoms with E-state index in [1.807, 2.05) is 6.07 Å². The number of phenolic OH excluding ortho intramolecular Hbond substituents is 1. The van der Waals surface area contributed by atoms with Crippen molar-refractivity contribution in [1.82, 2.24) is 20.3 Å². The number of aromatic hydroxyl groups is 1. The fraction of sp³-hybridized carbons (Fsp3) is 0.114. The molecular weight excluding hydrogens is 799 g/mol. The Morgan fingerprint density at radius 2 is 1.29 bits per heavy atom. The molecule has 1 aromatic heterocycles. The molecule has 6 rings (SSSR count). The first kappa shape index (κ1) is 42.7. The van der Waals surface area contributed by atoms with Crippen molar-refractivity contribution in [3.05, 3.63) is 143 Å². The van der Waals surface area contributed by atoms with Gasteiger partial charge >= 0.3 is 5.97 Å². The molecule has 0 unspecified atom stereocenters. The van der Waals surface area contributed by atoms with Crippen LogP contribution in [0.25, 0.3) is 16.9 Å². The van der Waals surface area contributed by atoms with Gasteiger partial charge in [-0.05, 0) is 111 Å². The molecule has 0 aliphatic heterocycles. The van der Waals surface area contributed by atoms with E-state index in [1.54, 1.807) is 44.3 Å². The highest BCUT2D eigenvalue weighted by Gasteiger charge is 2.25. The SMILES string of the molecule is CC(C)Oc1c(-n2cc(-c3ccc(NC(=O)[C@H](CC(N)=O)NC(=O)c4ccc(NC(=O)c5ccc(C#N)cc5)cc4)cc3)nn2)ccc(C(=O)Nc2ccc(C(=O)O)cc2)c1O. The van der Waals surface area contributed by atoms with Gasteiger partial charge in [-0.3, -0.25) is 24.0 Å². The summed E-state index contributed by atoms with van der Waals surface area (Å²) in [6, 6.07) is 27.4. The predicted molar refractivity (Wildman–Crippen MR) is 225 cm³/mol. The van der Waals surface area contributed by atoms with Gasteiger partial charge in [0.25, 0.3) is 17.7 Å². The van der Waals surface area contributed by atoms with Crippen molar-refractivity contribution in [3.8, 4) is 34.5 Å². The largest absolute Gasteiger partial charge is 0.504 e. The molecule has 0 aliphatic rings. The highest BCUT2D eigenvalue weighted by atomic mass is 16.5. The van der Waals surface area contributed by atoms with Gasteiger partial charge in [0.15, 0.2) is 11.5 Å². The molecule has 0 spiro atoms. The molecule has 0 aliphatic carbocycles. The van der Waals surface area contributed by atoms with Crippen LogP contribution in [0.2, 0.25) is 0 Å². The zero-order valence-corrected chi connectivity index (χ0v) is 32.9. The van der Waals surface area contributed by atoms with Crippen molar-refractivity contribution < 1.29 is 43.7 Å².